The molecule has 3 heterocycles. The quantitative estimate of drug-likeness (QED) is 0.797. The van der Waals surface area contributed by atoms with Gasteiger partial charge in [0.1, 0.15) is 0 Å². The Labute approximate surface area is 110 Å². The molecule has 0 N–H and O–H groups in total. The molecule has 100 valence electrons. The van der Waals surface area contributed by atoms with Crippen LogP contribution in [-0.4, -0.2) is 49.8 Å². The zero-order valence-corrected chi connectivity index (χ0v) is 11.6. The van der Waals surface area contributed by atoms with Crippen LogP contribution in [-0.2, 0) is 19.5 Å². The predicted molar refractivity (Wildman–Crippen MR) is 64.9 cm³/mol. The lowest BCUT2D eigenvalue weighted by molar-refractivity contribution is -0.142. The van der Waals surface area contributed by atoms with Crippen molar-refractivity contribution >= 4 is 21.4 Å². The van der Waals surface area contributed by atoms with E-state index >= 15 is 0 Å². The van der Waals surface area contributed by atoms with Crippen molar-refractivity contribution in [2.45, 2.75) is 23.3 Å². The standard InChI is InChI=1S/C10H14N2O4S2/c1-8-11-6-9(17-8)18(13,14)12-3-2-10(7-12)15-4-5-16-10/h6H,2-5,7H2,1H3. The molecular weight excluding hydrogens is 276 g/mol. The number of hydrogen-bond acceptors (Lipinski definition) is 6. The predicted octanol–water partition coefficient (Wildman–Crippen LogP) is 0.589. The van der Waals surface area contributed by atoms with Crippen LogP contribution >= 0.6 is 11.3 Å². The van der Waals surface area contributed by atoms with Gasteiger partial charge in [-0.1, -0.05) is 0 Å². The van der Waals surface area contributed by atoms with Crippen molar-refractivity contribution in [3.8, 4) is 0 Å². The van der Waals surface area contributed by atoms with Gasteiger partial charge in [0.15, 0.2) is 10.00 Å². The first kappa shape index (κ1) is 12.5. The average Bonchev–Trinajstić information content (AvgIpc) is 3.02. The summed E-state index contributed by atoms with van der Waals surface area (Å²) in [5.41, 5.74) is 0. The molecule has 0 aliphatic carbocycles. The van der Waals surface area contributed by atoms with Crippen molar-refractivity contribution in [3.05, 3.63) is 11.2 Å². The maximum atomic E-state index is 12.4. The molecule has 0 saturated carbocycles. The number of hydrogen-bond donors (Lipinski definition) is 0. The molecule has 18 heavy (non-hydrogen) atoms. The van der Waals surface area contributed by atoms with Gasteiger partial charge in [-0.05, 0) is 6.92 Å². The Bertz CT molecular complexity index is 548. The first-order valence-electron chi connectivity index (χ1n) is 5.72. The number of aryl methyl sites for hydroxylation is 1. The van der Waals surface area contributed by atoms with E-state index < -0.39 is 15.8 Å². The van der Waals surface area contributed by atoms with Crippen LogP contribution in [0.3, 0.4) is 0 Å². The van der Waals surface area contributed by atoms with Crippen LogP contribution in [0, 0.1) is 6.92 Å². The second-order valence-electron chi connectivity index (χ2n) is 4.39. The third-order valence-corrected chi connectivity index (χ3v) is 6.36. The molecule has 6 nitrogen and oxygen atoms in total. The lowest BCUT2D eigenvalue weighted by atomic mass is 10.2. The smallest absolute Gasteiger partial charge is 0.254 e. The Balaban J connectivity index is 1.83. The maximum absolute atomic E-state index is 12.4. The Morgan fingerprint density at radius 1 is 1.44 bits per heavy atom. The molecule has 0 aromatic carbocycles. The third kappa shape index (κ3) is 1.97. The molecule has 1 spiro atoms. The van der Waals surface area contributed by atoms with E-state index in [0.29, 0.717) is 26.2 Å². The molecule has 0 amide bonds. The SMILES string of the molecule is Cc1ncc(S(=O)(=O)N2CCC3(C2)OCCO3)s1. The summed E-state index contributed by atoms with van der Waals surface area (Å²) in [5.74, 6) is -0.715. The summed E-state index contributed by atoms with van der Waals surface area (Å²) in [6.45, 7) is 3.56. The molecule has 1 aromatic heterocycles. The van der Waals surface area contributed by atoms with E-state index in [4.69, 9.17) is 9.47 Å². The summed E-state index contributed by atoms with van der Waals surface area (Å²) < 4.78 is 37.5. The molecule has 2 fully saturated rings. The molecule has 2 aliphatic heterocycles. The largest absolute Gasteiger partial charge is 0.346 e. The van der Waals surface area contributed by atoms with Crippen molar-refractivity contribution < 1.29 is 17.9 Å². The van der Waals surface area contributed by atoms with Crippen LogP contribution in [0.2, 0.25) is 0 Å². The van der Waals surface area contributed by atoms with E-state index in [1.807, 2.05) is 0 Å². The summed E-state index contributed by atoms with van der Waals surface area (Å²) in [6, 6.07) is 0. The molecule has 0 bridgehead atoms. The molecule has 2 aliphatic rings. The van der Waals surface area contributed by atoms with Gasteiger partial charge in [-0.15, -0.1) is 11.3 Å². The molecule has 3 rings (SSSR count). The summed E-state index contributed by atoms with van der Waals surface area (Å²) >= 11 is 1.19. The van der Waals surface area contributed by atoms with Gasteiger partial charge in [0.05, 0.1) is 31.0 Å². The summed E-state index contributed by atoms with van der Waals surface area (Å²) in [5, 5.41) is 0.746. The van der Waals surface area contributed by atoms with Crippen LogP contribution in [0.15, 0.2) is 10.4 Å². The molecule has 0 atom stereocenters. The molecule has 8 heteroatoms. The topological polar surface area (TPSA) is 68.7 Å². The van der Waals surface area contributed by atoms with Crippen molar-refractivity contribution in [3.63, 3.8) is 0 Å². The van der Waals surface area contributed by atoms with Gasteiger partial charge in [0.25, 0.3) is 10.0 Å². The van der Waals surface area contributed by atoms with E-state index in [2.05, 4.69) is 4.98 Å². The van der Waals surface area contributed by atoms with Gasteiger partial charge in [-0.25, -0.2) is 13.4 Å². The van der Waals surface area contributed by atoms with E-state index in [1.165, 1.54) is 21.8 Å². The fourth-order valence-electron chi connectivity index (χ4n) is 2.25. The van der Waals surface area contributed by atoms with Gasteiger partial charge >= 0.3 is 0 Å². The van der Waals surface area contributed by atoms with Gasteiger partial charge in [0.2, 0.25) is 0 Å². The minimum absolute atomic E-state index is 0.270. The van der Waals surface area contributed by atoms with Crippen molar-refractivity contribution in [1.29, 1.82) is 0 Å². The second-order valence-corrected chi connectivity index (χ2v) is 7.79. The fourth-order valence-corrected chi connectivity index (χ4v) is 4.99. The number of aromatic nitrogens is 1. The monoisotopic (exact) mass is 290 g/mol. The fraction of sp³-hybridized carbons (Fsp3) is 0.700. The Morgan fingerprint density at radius 3 is 2.78 bits per heavy atom. The number of rotatable bonds is 2. The van der Waals surface area contributed by atoms with Crippen molar-refractivity contribution in [1.82, 2.24) is 9.29 Å². The zero-order chi connectivity index (χ0) is 12.8. The van der Waals surface area contributed by atoms with Crippen LogP contribution < -0.4 is 0 Å². The molecular formula is C10H14N2O4S2. The third-order valence-electron chi connectivity index (χ3n) is 3.17. The van der Waals surface area contributed by atoms with Crippen LogP contribution in [0.4, 0.5) is 0 Å². The Hall–Kier alpha value is -0.540. The van der Waals surface area contributed by atoms with Gasteiger partial charge in [0, 0.05) is 13.0 Å². The molecule has 2 saturated heterocycles. The lowest BCUT2D eigenvalue weighted by Crippen LogP contribution is -2.36. The highest BCUT2D eigenvalue weighted by Gasteiger charge is 2.47. The minimum atomic E-state index is -3.45. The first-order chi connectivity index (χ1) is 8.52. The van der Waals surface area contributed by atoms with E-state index in [0.717, 1.165) is 5.01 Å². The molecule has 0 radical (unpaired) electrons. The number of nitrogens with zero attached hydrogens (tertiary/aromatic N) is 2. The van der Waals surface area contributed by atoms with Crippen LogP contribution in [0.1, 0.15) is 11.4 Å². The number of thiazole rings is 1. The first-order valence-corrected chi connectivity index (χ1v) is 7.98. The highest BCUT2D eigenvalue weighted by molar-refractivity contribution is 7.91. The van der Waals surface area contributed by atoms with Gasteiger partial charge in [-0.3, -0.25) is 0 Å². The summed E-state index contributed by atoms with van der Waals surface area (Å²) in [4.78, 5) is 3.99. The second kappa shape index (κ2) is 4.24. The van der Waals surface area contributed by atoms with Crippen LogP contribution in [0.25, 0.3) is 0 Å². The number of sulfonamides is 1. The summed E-state index contributed by atoms with van der Waals surface area (Å²) in [6.07, 6.45) is 2.00. The van der Waals surface area contributed by atoms with Gasteiger partial charge < -0.3 is 9.47 Å². The maximum Gasteiger partial charge on any atom is 0.254 e. The molecule has 1 aromatic rings. The molecule has 0 unspecified atom stereocenters. The summed E-state index contributed by atoms with van der Waals surface area (Å²) in [7, 11) is -3.45. The highest BCUT2D eigenvalue weighted by atomic mass is 32.2. The van der Waals surface area contributed by atoms with E-state index in [1.54, 1.807) is 6.92 Å². The zero-order valence-electron chi connectivity index (χ0n) is 9.96. The minimum Gasteiger partial charge on any atom is -0.346 e. The van der Waals surface area contributed by atoms with Crippen molar-refractivity contribution in [2.75, 3.05) is 26.3 Å². The van der Waals surface area contributed by atoms with Crippen LogP contribution in [0.5, 0.6) is 0 Å². The van der Waals surface area contributed by atoms with E-state index in [9.17, 15) is 8.42 Å². The van der Waals surface area contributed by atoms with Gasteiger partial charge in [-0.2, -0.15) is 4.31 Å². The normalized spacial score (nSPS) is 24.1. The lowest BCUT2D eigenvalue weighted by Gasteiger charge is -2.21. The van der Waals surface area contributed by atoms with E-state index in [-0.39, 0.29) is 10.8 Å². The number of ether oxygens (including phenoxy) is 2. The average molecular weight is 290 g/mol. The Morgan fingerprint density at radius 2 is 2.17 bits per heavy atom. The highest BCUT2D eigenvalue weighted by Crippen LogP contribution is 2.34. The Kier molecular flexibility index (Phi) is 2.94. The van der Waals surface area contributed by atoms with Crippen molar-refractivity contribution in [2.24, 2.45) is 0 Å².